The highest BCUT2D eigenvalue weighted by atomic mass is 32.2. The number of esters is 1. The summed E-state index contributed by atoms with van der Waals surface area (Å²) in [6, 6.07) is -0.249. The van der Waals surface area contributed by atoms with Crippen molar-refractivity contribution in [2.24, 2.45) is 52.3 Å². The number of carbonyl (C=O) groups is 1. The highest BCUT2D eigenvalue weighted by molar-refractivity contribution is 7.86. The number of rotatable bonds is 14. The van der Waals surface area contributed by atoms with Crippen LogP contribution in [0.3, 0.4) is 0 Å². The largest absolute Gasteiger partial charge is 0.461 e. The third-order valence-electron chi connectivity index (χ3n) is 12.7. The zero-order chi connectivity index (χ0) is 35.1. The molecule has 0 aromatic heterocycles. The van der Waals surface area contributed by atoms with Crippen LogP contribution in [0.4, 0.5) is 0 Å². The first-order chi connectivity index (χ1) is 21.7. The molecule has 272 valence electrons. The molecule has 3 saturated carbocycles. The van der Waals surface area contributed by atoms with Crippen molar-refractivity contribution in [3.63, 3.8) is 0 Å². The van der Waals surface area contributed by atoms with Crippen LogP contribution < -0.4 is 0 Å². The molecule has 47 heavy (non-hydrogen) atoms. The van der Waals surface area contributed by atoms with E-state index in [4.69, 9.17) is 13.1 Å². The van der Waals surface area contributed by atoms with Gasteiger partial charge in [-0.05, 0) is 111 Å². The van der Waals surface area contributed by atoms with E-state index in [1.807, 2.05) is 25.9 Å². The van der Waals surface area contributed by atoms with Crippen molar-refractivity contribution < 1.29 is 34.7 Å². The molecule has 11 atom stereocenters. The molecule has 0 radical (unpaired) electrons. The Labute approximate surface area is 286 Å². The molecule has 4 aliphatic rings. The normalized spacial score (nSPS) is 36.2. The van der Waals surface area contributed by atoms with Gasteiger partial charge in [0.2, 0.25) is 0 Å². The van der Waals surface area contributed by atoms with Crippen LogP contribution in [0.1, 0.15) is 106 Å². The first-order valence-electron chi connectivity index (χ1n) is 18.0. The van der Waals surface area contributed by atoms with Gasteiger partial charge in [0.1, 0.15) is 12.1 Å². The summed E-state index contributed by atoms with van der Waals surface area (Å²) in [6.45, 7) is 13.4. The summed E-state index contributed by atoms with van der Waals surface area (Å²) in [5.41, 5.74) is 1.49. The van der Waals surface area contributed by atoms with Crippen LogP contribution in [0.15, 0.2) is 11.6 Å². The second-order valence-electron chi connectivity index (χ2n) is 16.9. The topological polar surface area (TPSA) is 116 Å². The smallest absolute Gasteiger partial charge is 0.323 e. The van der Waals surface area contributed by atoms with Crippen LogP contribution in [0.25, 0.3) is 0 Å². The average Bonchev–Trinajstić information content (AvgIpc) is 3.21. The fraction of sp³-hybridized carbons (Fsp3) is 0.917. The molecule has 0 aromatic rings. The zero-order valence-electron chi connectivity index (χ0n) is 30.7. The third-order valence-corrected chi connectivity index (χ3v) is 13.9. The maximum atomic E-state index is 13.1. The quantitative estimate of drug-likeness (QED) is 0.115. The highest BCUT2D eigenvalue weighted by Crippen LogP contribution is 2.68. The number of fused-ring (bicyclic) bond motifs is 5. The number of nitrogens with zero attached hydrogens (tertiary/aromatic N) is 1. The molecule has 0 amide bonds. The SMILES string of the molecule is CC(C)[C@@H](C(=O)O[C@H]1CC[C@@]2(C)C(=CC[C@H]3[C@@H]4C[C@H](OS(C)(=O)=O)[C@H]([C@H](C)CCC[C@@H](C)COS(C)(=O)=O)[C@@]4(C)CC[C@@H]32)C1)N(C)C. The molecule has 0 unspecified atom stereocenters. The molecule has 0 bridgehead atoms. The molecule has 3 fully saturated rings. The maximum absolute atomic E-state index is 13.1. The van der Waals surface area contributed by atoms with Crippen molar-refractivity contribution in [3.8, 4) is 0 Å². The Morgan fingerprint density at radius 2 is 1.66 bits per heavy atom. The molecule has 11 heteroatoms. The second kappa shape index (κ2) is 14.7. The van der Waals surface area contributed by atoms with Gasteiger partial charge in [-0.3, -0.25) is 18.1 Å². The fourth-order valence-corrected chi connectivity index (χ4v) is 11.8. The summed E-state index contributed by atoms with van der Waals surface area (Å²) < 4.78 is 65.0. The van der Waals surface area contributed by atoms with Crippen molar-refractivity contribution in [2.45, 2.75) is 124 Å². The second-order valence-corrected chi connectivity index (χ2v) is 20.1. The molecule has 0 heterocycles. The lowest BCUT2D eigenvalue weighted by Gasteiger charge is -2.58. The van der Waals surface area contributed by atoms with Crippen molar-refractivity contribution >= 4 is 26.2 Å². The first kappa shape index (κ1) is 38.8. The van der Waals surface area contributed by atoms with Gasteiger partial charge in [0.05, 0.1) is 25.2 Å². The molecule has 0 aromatic carbocycles. The van der Waals surface area contributed by atoms with Gasteiger partial charge in [-0.2, -0.15) is 16.8 Å². The summed E-state index contributed by atoms with van der Waals surface area (Å²) in [4.78, 5) is 15.1. The lowest BCUT2D eigenvalue weighted by molar-refractivity contribution is -0.158. The van der Waals surface area contributed by atoms with E-state index in [0.717, 1.165) is 70.5 Å². The Morgan fingerprint density at radius 3 is 2.26 bits per heavy atom. The predicted molar refractivity (Wildman–Crippen MR) is 185 cm³/mol. The molecule has 0 aliphatic heterocycles. The van der Waals surface area contributed by atoms with Crippen LogP contribution in [-0.4, -0.2) is 79.2 Å². The summed E-state index contributed by atoms with van der Waals surface area (Å²) >= 11 is 0. The van der Waals surface area contributed by atoms with Gasteiger partial charge >= 0.3 is 5.97 Å². The Kier molecular flexibility index (Phi) is 12.1. The van der Waals surface area contributed by atoms with Gasteiger partial charge in [-0.1, -0.05) is 66.0 Å². The van der Waals surface area contributed by atoms with Crippen molar-refractivity contribution in [2.75, 3.05) is 33.2 Å². The van der Waals surface area contributed by atoms with Gasteiger partial charge in [-0.15, -0.1) is 0 Å². The van der Waals surface area contributed by atoms with E-state index in [9.17, 15) is 21.6 Å². The Morgan fingerprint density at radius 1 is 0.979 bits per heavy atom. The number of likely N-dealkylation sites (N-methyl/N-ethyl adjacent to an activating group) is 1. The first-order valence-corrected chi connectivity index (χ1v) is 21.6. The van der Waals surface area contributed by atoms with E-state index < -0.39 is 20.2 Å². The predicted octanol–water partition coefficient (Wildman–Crippen LogP) is 6.44. The van der Waals surface area contributed by atoms with Crippen LogP contribution in [0, 0.1) is 52.3 Å². The molecule has 4 aliphatic carbocycles. The van der Waals surface area contributed by atoms with E-state index in [0.29, 0.717) is 17.8 Å². The van der Waals surface area contributed by atoms with Gasteiger partial charge in [0.15, 0.2) is 0 Å². The molecule has 4 rings (SSSR count). The van der Waals surface area contributed by atoms with Gasteiger partial charge in [-0.25, -0.2) is 0 Å². The fourth-order valence-electron chi connectivity index (χ4n) is 10.7. The molecular formula is C36H63NO8S2. The van der Waals surface area contributed by atoms with Crippen LogP contribution in [0.2, 0.25) is 0 Å². The lowest BCUT2D eigenvalue weighted by atomic mass is 9.47. The van der Waals surface area contributed by atoms with Crippen molar-refractivity contribution in [1.29, 1.82) is 0 Å². The van der Waals surface area contributed by atoms with Gasteiger partial charge < -0.3 is 4.74 Å². The zero-order valence-corrected chi connectivity index (χ0v) is 32.3. The van der Waals surface area contributed by atoms with Gasteiger partial charge in [0.25, 0.3) is 20.2 Å². The Bertz CT molecular complexity index is 1350. The minimum atomic E-state index is -3.62. The molecule has 0 N–H and O–H groups in total. The molecule has 9 nitrogen and oxygen atoms in total. The average molecular weight is 702 g/mol. The molecule has 0 saturated heterocycles. The maximum Gasteiger partial charge on any atom is 0.323 e. The number of ether oxygens (including phenoxy) is 1. The standard InChI is InChI=1S/C36H63NO8S2/c1-23(2)33(37(7)8)34(38)44-27-16-18-35(5)26(20-27)14-15-28-29(35)17-19-36(6)30(28)21-31(45-47(10,41)42)32(36)25(4)13-11-12-24(3)22-43-46(9,39)40/h14,23-25,27-33H,11-13,15-22H2,1-10H3/t24-,25-,27+,28-,29+,30+,31+,32+,33+,35+,36+/m1/s1. The van der Waals surface area contributed by atoms with Crippen LogP contribution in [-0.2, 0) is 38.1 Å². The molecule has 0 spiro atoms. The summed E-state index contributed by atoms with van der Waals surface area (Å²) in [7, 11) is -3.21. The van der Waals surface area contributed by atoms with Crippen molar-refractivity contribution in [3.05, 3.63) is 11.6 Å². The van der Waals surface area contributed by atoms with Crippen LogP contribution >= 0.6 is 0 Å². The van der Waals surface area contributed by atoms with E-state index in [-0.39, 0.29) is 65.3 Å². The third kappa shape index (κ3) is 8.84. The van der Waals surface area contributed by atoms with Crippen LogP contribution in [0.5, 0.6) is 0 Å². The molecular weight excluding hydrogens is 639 g/mol. The van der Waals surface area contributed by atoms with E-state index >= 15 is 0 Å². The van der Waals surface area contributed by atoms with E-state index in [1.54, 1.807) is 0 Å². The number of carbonyl (C=O) groups excluding carboxylic acids is 1. The Hall–Kier alpha value is -1.01. The summed E-state index contributed by atoms with van der Waals surface area (Å²) in [6.07, 6.45) is 13.6. The minimum absolute atomic E-state index is 0.0204. The number of hydrogen-bond donors (Lipinski definition) is 0. The van der Waals surface area contributed by atoms with Crippen molar-refractivity contribution in [1.82, 2.24) is 4.90 Å². The number of hydrogen-bond acceptors (Lipinski definition) is 9. The number of allylic oxidation sites excluding steroid dienone is 1. The monoisotopic (exact) mass is 701 g/mol. The summed E-state index contributed by atoms with van der Waals surface area (Å²) in [5, 5.41) is 0. The lowest BCUT2D eigenvalue weighted by Crippen LogP contribution is -2.51. The van der Waals surface area contributed by atoms with E-state index in [1.165, 1.54) is 11.8 Å². The van der Waals surface area contributed by atoms with E-state index in [2.05, 4.69) is 40.7 Å². The Balaban J connectivity index is 1.48. The summed E-state index contributed by atoms with van der Waals surface area (Å²) in [5.74, 6) is 1.93. The minimum Gasteiger partial charge on any atom is -0.461 e. The van der Waals surface area contributed by atoms with Gasteiger partial charge in [0, 0.05) is 6.42 Å². The highest BCUT2D eigenvalue weighted by Gasteiger charge is 2.62.